The Kier molecular flexibility index (Phi) is 11.1. The molecular formula is C31H52N2O10. The molecule has 3 fully saturated rings. The van der Waals surface area contributed by atoms with Crippen LogP contribution in [-0.2, 0) is 38.1 Å². The molecule has 0 unspecified atom stereocenters. The fourth-order valence-corrected chi connectivity index (χ4v) is 7.19. The molecule has 0 bridgehead atoms. The number of nitrogens with zero attached hydrogens (tertiary/aromatic N) is 1. The lowest BCUT2D eigenvalue weighted by atomic mass is 9.73. The van der Waals surface area contributed by atoms with Gasteiger partial charge in [-0.3, -0.25) is 14.4 Å². The molecule has 43 heavy (non-hydrogen) atoms. The lowest BCUT2D eigenvalue weighted by Gasteiger charge is -2.47. The number of methoxy groups -OCH3 is 1. The zero-order chi connectivity index (χ0) is 32.6. The molecule has 0 spiro atoms. The van der Waals surface area contributed by atoms with E-state index in [1.807, 2.05) is 25.9 Å². The number of ketones is 2. The van der Waals surface area contributed by atoms with Crippen molar-refractivity contribution >= 4 is 23.6 Å². The van der Waals surface area contributed by atoms with Crippen LogP contribution < -0.4 is 5.32 Å². The number of alkyl carbamates (subject to hydrolysis) is 1. The zero-order valence-electron chi connectivity index (χ0n) is 27.5. The van der Waals surface area contributed by atoms with Crippen LogP contribution in [0.2, 0.25) is 0 Å². The number of cyclic esters (lactones) is 1. The summed E-state index contributed by atoms with van der Waals surface area (Å²) in [4.78, 5) is 55.7. The first-order valence-electron chi connectivity index (χ1n) is 15.4. The number of ether oxygens (including phenoxy) is 5. The number of hydrogen-bond donors (Lipinski definition) is 2. The van der Waals surface area contributed by atoms with Gasteiger partial charge in [-0.05, 0) is 61.1 Å². The normalized spacial score (nSPS) is 45.2. The molecule has 0 aromatic rings. The molecule has 0 aromatic heterocycles. The summed E-state index contributed by atoms with van der Waals surface area (Å²) in [6, 6.07) is -1.04. The Morgan fingerprint density at radius 2 is 1.65 bits per heavy atom. The summed E-state index contributed by atoms with van der Waals surface area (Å²) >= 11 is 0. The maximum absolute atomic E-state index is 13.9. The number of likely N-dealkylation sites (N-methyl/N-ethyl adjacent to an activating group) is 1. The SMILES string of the molecule is CC[C@H]1OC(=O)[C@H](C)C(=O)[C@H](C)[C@@H](O[C@@H]2O[C@H](C)C[C@H](N(C)C)[C@H]2O)[C@](C)(OC)C[C@@H](C)C(=O)[C@H](C)[C@H]2NC(=O)O[C@@]21C. The number of carbonyl (C=O) groups excluding carboxylic acids is 4. The molecule has 3 rings (SSSR count). The largest absolute Gasteiger partial charge is 0.458 e. The van der Waals surface area contributed by atoms with Crippen molar-refractivity contribution in [2.24, 2.45) is 23.7 Å². The molecule has 13 atom stereocenters. The van der Waals surface area contributed by atoms with Crippen LogP contribution in [0.5, 0.6) is 0 Å². The maximum atomic E-state index is 13.9. The van der Waals surface area contributed by atoms with Crippen LogP contribution in [0.25, 0.3) is 0 Å². The molecule has 3 aliphatic heterocycles. The first-order chi connectivity index (χ1) is 19.9. The average Bonchev–Trinajstić information content (AvgIpc) is 3.27. The zero-order valence-corrected chi connectivity index (χ0v) is 27.5. The third-order valence-corrected chi connectivity index (χ3v) is 9.93. The van der Waals surface area contributed by atoms with Crippen molar-refractivity contribution in [2.45, 2.75) is 129 Å². The number of carbonyl (C=O) groups is 4. The van der Waals surface area contributed by atoms with Crippen molar-refractivity contribution in [3.05, 3.63) is 0 Å². The highest BCUT2D eigenvalue weighted by Gasteiger charge is 2.57. The Labute approximate surface area is 255 Å². The highest BCUT2D eigenvalue weighted by molar-refractivity contribution is 6.00. The van der Waals surface area contributed by atoms with Crippen LogP contribution in [-0.4, -0.2) is 109 Å². The van der Waals surface area contributed by atoms with Crippen molar-refractivity contribution < 1.29 is 48.0 Å². The second-order valence-electron chi connectivity index (χ2n) is 13.4. The predicted molar refractivity (Wildman–Crippen MR) is 156 cm³/mol. The quantitative estimate of drug-likeness (QED) is 0.348. The van der Waals surface area contributed by atoms with Crippen LogP contribution in [0.4, 0.5) is 4.79 Å². The molecule has 0 aliphatic carbocycles. The van der Waals surface area contributed by atoms with Crippen molar-refractivity contribution in [1.82, 2.24) is 10.2 Å². The fourth-order valence-electron chi connectivity index (χ4n) is 7.19. The minimum absolute atomic E-state index is 0.151. The second-order valence-corrected chi connectivity index (χ2v) is 13.4. The Hall–Kier alpha value is -2.12. The van der Waals surface area contributed by atoms with Gasteiger partial charge >= 0.3 is 12.1 Å². The molecule has 3 heterocycles. The molecule has 3 saturated heterocycles. The summed E-state index contributed by atoms with van der Waals surface area (Å²) in [5.41, 5.74) is -2.56. The summed E-state index contributed by atoms with van der Waals surface area (Å²) in [6.45, 7) is 13.7. The predicted octanol–water partition coefficient (Wildman–Crippen LogP) is 2.48. The van der Waals surface area contributed by atoms with E-state index in [1.165, 1.54) is 14.0 Å². The number of fused-ring (bicyclic) bond motifs is 1. The number of esters is 1. The van der Waals surface area contributed by atoms with E-state index in [-0.39, 0.29) is 30.8 Å². The van der Waals surface area contributed by atoms with Gasteiger partial charge in [0.05, 0.1) is 23.9 Å². The van der Waals surface area contributed by atoms with E-state index >= 15 is 0 Å². The van der Waals surface area contributed by atoms with Gasteiger partial charge in [0.25, 0.3) is 0 Å². The van der Waals surface area contributed by atoms with Crippen molar-refractivity contribution in [2.75, 3.05) is 21.2 Å². The third kappa shape index (κ3) is 6.93. The molecule has 2 N–H and O–H groups in total. The number of amides is 1. The van der Waals surface area contributed by atoms with Gasteiger partial charge in [0, 0.05) is 30.9 Å². The smallest absolute Gasteiger partial charge is 0.408 e. The van der Waals surface area contributed by atoms with E-state index in [2.05, 4.69) is 5.32 Å². The van der Waals surface area contributed by atoms with Gasteiger partial charge in [-0.25, -0.2) is 4.79 Å². The van der Waals surface area contributed by atoms with Gasteiger partial charge in [-0.2, -0.15) is 0 Å². The molecule has 1 amide bonds. The first-order valence-corrected chi connectivity index (χ1v) is 15.4. The van der Waals surface area contributed by atoms with Crippen molar-refractivity contribution in [3.8, 4) is 0 Å². The molecular weight excluding hydrogens is 560 g/mol. The standard InChI is InChI=1S/C31H52N2O10/c1-12-21-31(8)25(32-29(38)43-31)17(4)22(34)15(2)14-30(7,39-11)26(18(5)23(35)19(6)27(37)41-21)42-28-24(36)20(33(9)10)13-16(3)40-28/h15-21,24-26,28,36H,12-14H2,1-11H3,(H,32,38)/t15-,16-,17+,18+,19-,20+,21-,24-,25-,26-,28+,30-,31-/m1/s1. The Balaban J connectivity index is 2.09. The van der Waals surface area contributed by atoms with Crippen molar-refractivity contribution in [3.63, 3.8) is 0 Å². The highest BCUT2D eigenvalue weighted by atomic mass is 16.7. The van der Waals surface area contributed by atoms with E-state index in [0.29, 0.717) is 6.42 Å². The first kappa shape index (κ1) is 35.4. The van der Waals surface area contributed by atoms with Crippen LogP contribution in [0.3, 0.4) is 0 Å². The molecule has 12 heteroatoms. The van der Waals surface area contributed by atoms with Gasteiger partial charge in [-0.1, -0.05) is 27.7 Å². The van der Waals surface area contributed by atoms with E-state index in [9.17, 15) is 24.3 Å². The summed E-state index contributed by atoms with van der Waals surface area (Å²) in [5, 5.41) is 14.0. The van der Waals surface area contributed by atoms with Crippen LogP contribution in [0.15, 0.2) is 0 Å². The maximum Gasteiger partial charge on any atom is 0.408 e. The van der Waals surface area contributed by atoms with Gasteiger partial charge < -0.3 is 39.0 Å². The molecule has 246 valence electrons. The Morgan fingerprint density at radius 1 is 1.02 bits per heavy atom. The van der Waals surface area contributed by atoms with E-state index in [1.54, 1.807) is 41.5 Å². The summed E-state index contributed by atoms with van der Waals surface area (Å²) in [7, 11) is 5.21. The topological polar surface area (TPSA) is 150 Å². The summed E-state index contributed by atoms with van der Waals surface area (Å²) in [6.07, 6.45) is -3.96. The van der Waals surface area contributed by atoms with Gasteiger partial charge in [0.2, 0.25) is 0 Å². The Bertz CT molecular complexity index is 1050. The van der Waals surface area contributed by atoms with E-state index in [0.717, 1.165) is 0 Å². The van der Waals surface area contributed by atoms with Gasteiger partial charge in [0.1, 0.15) is 23.9 Å². The third-order valence-electron chi connectivity index (χ3n) is 9.93. The van der Waals surface area contributed by atoms with E-state index < -0.39 is 83.4 Å². The molecule has 0 aromatic carbocycles. The fraction of sp³-hybridized carbons (Fsp3) is 0.871. The summed E-state index contributed by atoms with van der Waals surface area (Å²) in [5.74, 6) is -4.80. The minimum atomic E-state index is -1.33. The molecule has 3 aliphatic rings. The number of nitrogens with one attached hydrogen (secondary N) is 1. The van der Waals surface area contributed by atoms with Gasteiger partial charge in [0.15, 0.2) is 17.7 Å². The lowest BCUT2D eigenvalue weighted by Crippen LogP contribution is -2.60. The van der Waals surface area contributed by atoms with Crippen LogP contribution in [0, 0.1) is 23.7 Å². The minimum Gasteiger partial charge on any atom is -0.458 e. The number of aliphatic hydroxyl groups excluding tert-OH is 1. The lowest BCUT2D eigenvalue weighted by molar-refractivity contribution is -0.295. The van der Waals surface area contributed by atoms with Crippen molar-refractivity contribution in [1.29, 1.82) is 0 Å². The van der Waals surface area contributed by atoms with E-state index in [4.69, 9.17) is 23.7 Å². The monoisotopic (exact) mass is 612 g/mol. The molecule has 12 nitrogen and oxygen atoms in total. The molecule has 0 radical (unpaired) electrons. The average molecular weight is 613 g/mol. The second kappa shape index (κ2) is 13.5. The molecule has 0 saturated carbocycles. The number of aliphatic hydroxyl groups is 1. The summed E-state index contributed by atoms with van der Waals surface area (Å²) < 4.78 is 30.1. The highest BCUT2D eigenvalue weighted by Crippen LogP contribution is 2.40. The Morgan fingerprint density at radius 3 is 2.21 bits per heavy atom. The number of rotatable bonds is 5. The van der Waals surface area contributed by atoms with Crippen LogP contribution >= 0.6 is 0 Å². The number of hydrogen-bond acceptors (Lipinski definition) is 11. The van der Waals surface area contributed by atoms with Crippen LogP contribution in [0.1, 0.15) is 74.7 Å². The number of Topliss-reactive ketones (excluding diaryl/α,β-unsaturated/α-hetero) is 2. The van der Waals surface area contributed by atoms with Gasteiger partial charge in [-0.15, -0.1) is 0 Å².